The molecule has 0 radical (unpaired) electrons. The van der Waals surface area contributed by atoms with Crippen molar-refractivity contribution in [3.05, 3.63) is 41.7 Å². The standard InChI is InChI=1S/C27H27F15N2O5/c1-3-5-7-9-47-21(45)43-14-11-15(44-22(46)48-10-8-6-4-2)13-16(12-14)49-20(31)18(29)17(28)19(30)23(32,33)24(34,35)25(36,37)26(38,39)27(40,41)42/h11-13H,3-10H2,1-2H3,(H,43,45)(H,44,46). The van der Waals surface area contributed by atoms with E-state index in [-0.39, 0.29) is 13.2 Å². The van der Waals surface area contributed by atoms with Crippen LogP contribution >= 0.6 is 0 Å². The van der Waals surface area contributed by atoms with E-state index in [4.69, 9.17) is 9.47 Å². The molecule has 1 rings (SSSR count). The van der Waals surface area contributed by atoms with Gasteiger partial charge in [0.1, 0.15) is 5.75 Å². The molecule has 0 aromatic heterocycles. The number of unbranched alkanes of at least 4 members (excludes halogenated alkanes) is 4. The molecule has 0 atom stereocenters. The number of carbonyl (C=O) groups is 2. The second kappa shape index (κ2) is 17.1. The molecule has 0 spiro atoms. The summed E-state index contributed by atoms with van der Waals surface area (Å²) in [5.41, 5.74) is -0.956. The number of ether oxygens (including phenoxy) is 3. The van der Waals surface area contributed by atoms with Crippen molar-refractivity contribution in [2.75, 3.05) is 23.8 Å². The maximum absolute atomic E-state index is 14.4. The Labute approximate surface area is 267 Å². The topological polar surface area (TPSA) is 85.9 Å². The van der Waals surface area contributed by atoms with Crippen molar-refractivity contribution in [2.24, 2.45) is 0 Å². The first-order valence-corrected chi connectivity index (χ1v) is 13.8. The minimum atomic E-state index is -8.18. The van der Waals surface area contributed by atoms with Crippen LogP contribution in [0, 0.1) is 0 Å². The number of hydrogen-bond donors (Lipinski definition) is 2. The third-order valence-corrected chi connectivity index (χ3v) is 5.94. The van der Waals surface area contributed by atoms with Crippen LogP contribution in [0.2, 0.25) is 0 Å². The molecule has 0 aliphatic rings. The van der Waals surface area contributed by atoms with Crippen LogP contribution in [-0.4, -0.2) is 55.3 Å². The van der Waals surface area contributed by atoms with E-state index in [1.54, 1.807) is 0 Å². The Morgan fingerprint density at radius 1 is 0.612 bits per heavy atom. The number of rotatable bonds is 17. The molecule has 0 saturated heterocycles. The molecule has 0 aliphatic carbocycles. The van der Waals surface area contributed by atoms with Crippen molar-refractivity contribution >= 4 is 23.6 Å². The largest absolute Gasteiger partial charge is 0.460 e. The fraction of sp³-hybridized carbons (Fsp3) is 0.556. The maximum atomic E-state index is 14.4. The van der Waals surface area contributed by atoms with E-state index >= 15 is 0 Å². The van der Waals surface area contributed by atoms with E-state index in [2.05, 4.69) is 4.74 Å². The highest BCUT2D eigenvalue weighted by atomic mass is 19.4. The lowest BCUT2D eigenvalue weighted by Crippen LogP contribution is -2.66. The molecule has 1 aromatic carbocycles. The van der Waals surface area contributed by atoms with Gasteiger partial charge in [0.15, 0.2) is 0 Å². The first kappa shape index (κ1) is 43.0. The van der Waals surface area contributed by atoms with Gasteiger partial charge in [0.2, 0.25) is 17.5 Å². The molecule has 0 aliphatic heterocycles. The summed E-state index contributed by atoms with van der Waals surface area (Å²) in [6.07, 6.45) is -6.35. The zero-order chi connectivity index (χ0) is 38.0. The quantitative estimate of drug-likeness (QED) is 0.0718. The van der Waals surface area contributed by atoms with Gasteiger partial charge >= 0.3 is 48.1 Å². The Bertz CT molecular complexity index is 1320. The lowest BCUT2D eigenvalue weighted by Gasteiger charge is -2.36. The Morgan fingerprint density at radius 3 is 1.43 bits per heavy atom. The smallest absolute Gasteiger partial charge is 0.449 e. The molecule has 0 bridgehead atoms. The van der Waals surface area contributed by atoms with Gasteiger partial charge in [-0.15, -0.1) is 0 Å². The van der Waals surface area contributed by atoms with Crippen LogP contribution in [0.5, 0.6) is 5.75 Å². The molecule has 280 valence electrons. The van der Waals surface area contributed by atoms with Crippen LogP contribution in [0.25, 0.3) is 0 Å². The van der Waals surface area contributed by atoms with E-state index in [1.165, 1.54) is 0 Å². The predicted octanol–water partition coefficient (Wildman–Crippen LogP) is 10.9. The molecule has 2 amide bonds. The molecule has 0 heterocycles. The number of anilines is 2. The average molecular weight is 744 g/mol. The Kier molecular flexibility index (Phi) is 15.0. The number of allylic oxidation sites excluding steroid dienone is 3. The molecule has 22 heteroatoms. The van der Waals surface area contributed by atoms with E-state index in [0.717, 1.165) is 18.9 Å². The summed E-state index contributed by atoms with van der Waals surface area (Å²) in [5.74, 6) is -45.5. The third kappa shape index (κ3) is 10.5. The van der Waals surface area contributed by atoms with Crippen molar-refractivity contribution in [3.63, 3.8) is 0 Å². The first-order valence-electron chi connectivity index (χ1n) is 13.8. The fourth-order valence-electron chi connectivity index (χ4n) is 3.32. The van der Waals surface area contributed by atoms with Gasteiger partial charge in [0.25, 0.3) is 0 Å². The van der Waals surface area contributed by atoms with Crippen molar-refractivity contribution in [1.29, 1.82) is 0 Å². The second-order valence-electron chi connectivity index (χ2n) is 9.80. The lowest BCUT2D eigenvalue weighted by atomic mass is 9.97. The molecule has 49 heavy (non-hydrogen) atoms. The van der Waals surface area contributed by atoms with Gasteiger partial charge in [0, 0.05) is 23.5 Å². The van der Waals surface area contributed by atoms with Crippen molar-refractivity contribution < 1.29 is 89.7 Å². The number of carbonyl (C=O) groups excluding carboxylic acids is 2. The summed E-state index contributed by atoms with van der Waals surface area (Å²) in [5, 5.41) is 4.09. The first-order chi connectivity index (χ1) is 22.4. The molecule has 2 N–H and O–H groups in total. The van der Waals surface area contributed by atoms with Crippen LogP contribution < -0.4 is 15.4 Å². The van der Waals surface area contributed by atoms with Gasteiger partial charge < -0.3 is 14.2 Å². The Balaban J connectivity index is 3.50. The normalized spacial score (nSPS) is 14.1. The van der Waals surface area contributed by atoms with E-state index in [9.17, 15) is 75.4 Å². The van der Waals surface area contributed by atoms with Gasteiger partial charge in [0.05, 0.1) is 13.2 Å². The summed E-state index contributed by atoms with van der Waals surface area (Å²) in [6, 6.07) is -1.12. The highest BCUT2D eigenvalue weighted by Crippen LogP contribution is 2.59. The van der Waals surface area contributed by atoms with Crippen LogP contribution in [0.3, 0.4) is 0 Å². The van der Waals surface area contributed by atoms with Gasteiger partial charge in [-0.1, -0.05) is 39.5 Å². The molecular weight excluding hydrogens is 717 g/mol. The number of amides is 2. The van der Waals surface area contributed by atoms with Crippen LogP contribution in [0.1, 0.15) is 52.4 Å². The number of hydrogen-bond acceptors (Lipinski definition) is 5. The molecule has 0 saturated carbocycles. The van der Waals surface area contributed by atoms with E-state index in [0.29, 0.717) is 37.8 Å². The fourth-order valence-corrected chi connectivity index (χ4v) is 3.32. The highest BCUT2D eigenvalue weighted by molar-refractivity contribution is 5.89. The highest BCUT2D eigenvalue weighted by Gasteiger charge is 2.88. The maximum Gasteiger partial charge on any atom is 0.460 e. The van der Waals surface area contributed by atoms with Gasteiger partial charge in [-0.25, -0.2) is 18.4 Å². The van der Waals surface area contributed by atoms with Crippen molar-refractivity contribution in [1.82, 2.24) is 0 Å². The van der Waals surface area contributed by atoms with Crippen molar-refractivity contribution in [3.8, 4) is 5.75 Å². The summed E-state index contributed by atoms with van der Waals surface area (Å²) in [7, 11) is 0. The van der Waals surface area contributed by atoms with Crippen molar-refractivity contribution in [2.45, 2.75) is 82.2 Å². The Morgan fingerprint density at radius 2 is 1.04 bits per heavy atom. The van der Waals surface area contributed by atoms with Crippen LogP contribution in [0.4, 0.5) is 86.8 Å². The van der Waals surface area contributed by atoms with Gasteiger partial charge in [-0.2, -0.15) is 57.1 Å². The monoisotopic (exact) mass is 744 g/mol. The summed E-state index contributed by atoms with van der Waals surface area (Å²) in [6.45, 7) is 3.46. The molecule has 7 nitrogen and oxygen atoms in total. The lowest BCUT2D eigenvalue weighted by molar-refractivity contribution is -0.419. The SMILES string of the molecule is CCCCCOC(=O)Nc1cc(NC(=O)OCCCCC)cc(OC(F)=C(F)C(F)=C(F)C(F)(F)C(F)(F)C(F)(F)C(F)(F)C(F)(F)F)c1. The number of nitrogens with one attached hydrogen (secondary N) is 2. The van der Waals surface area contributed by atoms with E-state index in [1.807, 2.05) is 24.5 Å². The number of benzene rings is 1. The van der Waals surface area contributed by atoms with Crippen LogP contribution in [0.15, 0.2) is 41.7 Å². The van der Waals surface area contributed by atoms with Gasteiger partial charge in [-0.05, 0) is 18.9 Å². The Hall–Kier alpha value is -4.01. The molecule has 1 aromatic rings. The zero-order valence-electron chi connectivity index (χ0n) is 25.1. The average Bonchev–Trinajstić information content (AvgIpc) is 2.99. The minimum Gasteiger partial charge on any atom is -0.449 e. The number of halogens is 15. The summed E-state index contributed by atoms with van der Waals surface area (Å²) < 4.78 is 215. The molecule has 0 fully saturated rings. The second-order valence-corrected chi connectivity index (χ2v) is 9.80. The third-order valence-electron chi connectivity index (χ3n) is 5.94. The molecule has 0 unspecified atom stereocenters. The zero-order valence-corrected chi connectivity index (χ0v) is 25.1. The predicted molar refractivity (Wildman–Crippen MR) is 140 cm³/mol. The van der Waals surface area contributed by atoms with E-state index < -0.39 is 82.7 Å². The summed E-state index contributed by atoms with van der Waals surface area (Å²) in [4.78, 5) is 24.1. The minimum absolute atomic E-state index is 0.103. The molecular formula is C27H27F15N2O5. The van der Waals surface area contributed by atoms with Gasteiger partial charge in [-0.3, -0.25) is 10.6 Å². The number of alkyl halides is 11. The summed E-state index contributed by atoms with van der Waals surface area (Å²) >= 11 is 0. The van der Waals surface area contributed by atoms with Crippen LogP contribution in [-0.2, 0) is 9.47 Å².